The second-order valence-corrected chi connectivity index (χ2v) is 5.29. The minimum atomic E-state index is 0.555. The van der Waals surface area contributed by atoms with Crippen LogP contribution in [0, 0.1) is 0 Å². The molecule has 0 aromatic carbocycles. The monoisotopic (exact) mass is 253 g/mol. The molecule has 2 nitrogen and oxygen atoms in total. The lowest BCUT2D eigenvalue weighted by Gasteiger charge is -2.21. The minimum Gasteiger partial charge on any atom is -0.381 e. The summed E-state index contributed by atoms with van der Waals surface area (Å²) in [6, 6.07) is 0.555. The van der Waals surface area contributed by atoms with Crippen molar-refractivity contribution in [3.63, 3.8) is 0 Å². The molecule has 106 valence electrons. The molecular weight excluding hydrogens is 222 g/mol. The van der Waals surface area contributed by atoms with E-state index in [1.807, 2.05) is 0 Å². The average Bonchev–Trinajstić information content (AvgIpc) is 2.67. The molecule has 0 aromatic rings. The second-order valence-electron chi connectivity index (χ2n) is 5.29. The van der Waals surface area contributed by atoms with Gasteiger partial charge >= 0.3 is 0 Å². The Morgan fingerprint density at radius 3 is 2.83 bits per heavy atom. The van der Waals surface area contributed by atoms with Gasteiger partial charge in [-0.15, -0.1) is 0 Å². The minimum absolute atomic E-state index is 0.555. The zero-order valence-electron chi connectivity index (χ0n) is 12.3. The van der Waals surface area contributed by atoms with E-state index in [0.717, 1.165) is 32.6 Å². The zero-order chi connectivity index (χ0) is 13.1. The SMILES string of the molecule is CCCNC(CCOCCC)C1=CCCCCC1. The first-order valence-corrected chi connectivity index (χ1v) is 7.88. The molecule has 0 radical (unpaired) electrons. The number of hydrogen-bond donors (Lipinski definition) is 1. The molecule has 1 rings (SSSR count). The van der Waals surface area contributed by atoms with Gasteiger partial charge in [0.1, 0.15) is 0 Å². The van der Waals surface area contributed by atoms with E-state index >= 15 is 0 Å². The lowest BCUT2D eigenvalue weighted by molar-refractivity contribution is 0.127. The predicted molar refractivity (Wildman–Crippen MR) is 79.0 cm³/mol. The van der Waals surface area contributed by atoms with E-state index in [1.54, 1.807) is 5.57 Å². The van der Waals surface area contributed by atoms with E-state index in [2.05, 4.69) is 25.2 Å². The molecule has 18 heavy (non-hydrogen) atoms. The number of allylic oxidation sites excluding steroid dienone is 1. The van der Waals surface area contributed by atoms with Gasteiger partial charge < -0.3 is 10.1 Å². The van der Waals surface area contributed by atoms with Gasteiger partial charge in [-0.25, -0.2) is 0 Å². The molecule has 0 saturated heterocycles. The third-order valence-corrected chi connectivity index (χ3v) is 3.56. The van der Waals surface area contributed by atoms with E-state index in [-0.39, 0.29) is 0 Å². The Morgan fingerprint density at radius 2 is 2.06 bits per heavy atom. The summed E-state index contributed by atoms with van der Waals surface area (Å²) in [4.78, 5) is 0. The Labute approximate surface area is 113 Å². The van der Waals surface area contributed by atoms with Crippen LogP contribution in [0.1, 0.15) is 65.2 Å². The van der Waals surface area contributed by atoms with Gasteiger partial charge in [0.05, 0.1) is 0 Å². The van der Waals surface area contributed by atoms with Crippen molar-refractivity contribution >= 4 is 0 Å². The molecule has 0 spiro atoms. The Balaban J connectivity index is 2.39. The molecule has 1 N–H and O–H groups in total. The highest BCUT2D eigenvalue weighted by Crippen LogP contribution is 2.21. The molecule has 1 aliphatic carbocycles. The molecule has 2 heteroatoms. The summed E-state index contributed by atoms with van der Waals surface area (Å²) in [5.41, 5.74) is 1.64. The van der Waals surface area contributed by atoms with Crippen LogP contribution in [0.25, 0.3) is 0 Å². The molecule has 1 unspecified atom stereocenters. The van der Waals surface area contributed by atoms with E-state index in [0.29, 0.717) is 6.04 Å². The van der Waals surface area contributed by atoms with Gasteiger partial charge in [0, 0.05) is 19.3 Å². The highest BCUT2D eigenvalue weighted by Gasteiger charge is 2.14. The molecule has 0 heterocycles. The van der Waals surface area contributed by atoms with Crippen LogP contribution in [0.3, 0.4) is 0 Å². The van der Waals surface area contributed by atoms with Crippen molar-refractivity contribution in [2.45, 2.75) is 71.3 Å². The van der Waals surface area contributed by atoms with Crippen molar-refractivity contribution in [2.75, 3.05) is 19.8 Å². The molecule has 0 fully saturated rings. The van der Waals surface area contributed by atoms with Crippen molar-refractivity contribution < 1.29 is 4.74 Å². The third-order valence-electron chi connectivity index (χ3n) is 3.56. The second kappa shape index (κ2) is 10.6. The zero-order valence-corrected chi connectivity index (χ0v) is 12.3. The van der Waals surface area contributed by atoms with Crippen LogP contribution in [0.5, 0.6) is 0 Å². The third kappa shape index (κ3) is 6.55. The van der Waals surface area contributed by atoms with E-state index in [1.165, 1.54) is 38.5 Å². The van der Waals surface area contributed by atoms with Crippen molar-refractivity contribution in [3.05, 3.63) is 11.6 Å². The summed E-state index contributed by atoms with van der Waals surface area (Å²) in [6.45, 7) is 7.32. The smallest absolute Gasteiger partial charge is 0.0484 e. The van der Waals surface area contributed by atoms with Gasteiger partial charge in [-0.1, -0.05) is 31.9 Å². The number of rotatable bonds is 9. The number of ether oxygens (including phenoxy) is 1. The highest BCUT2D eigenvalue weighted by atomic mass is 16.5. The fraction of sp³-hybridized carbons (Fsp3) is 0.875. The Bertz CT molecular complexity index is 225. The molecule has 0 amide bonds. The van der Waals surface area contributed by atoms with Crippen LogP contribution in [-0.4, -0.2) is 25.8 Å². The summed E-state index contributed by atoms with van der Waals surface area (Å²) in [6.07, 6.45) is 12.6. The molecule has 1 atom stereocenters. The van der Waals surface area contributed by atoms with Crippen LogP contribution >= 0.6 is 0 Å². The van der Waals surface area contributed by atoms with Crippen LogP contribution in [-0.2, 0) is 4.74 Å². The van der Waals surface area contributed by atoms with Crippen LogP contribution in [0.4, 0.5) is 0 Å². The summed E-state index contributed by atoms with van der Waals surface area (Å²) < 4.78 is 5.65. The summed E-state index contributed by atoms with van der Waals surface area (Å²) in [7, 11) is 0. The van der Waals surface area contributed by atoms with Crippen LogP contribution in [0.2, 0.25) is 0 Å². The molecule has 0 saturated carbocycles. The topological polar surface area (TPSA) is 21.3 Å². The fourth-order valence-corrected chi connectivity index (χ4v) is 2.54. The molecule has 0 aliphatic heterocycles. The fourth-order valence-electron chi connectivity index (χ4n) is 2.54. The summed E-state index contributed by atoms with van der Waals surface area (Å²) >= 11 is 0. The maximum Gasteiger partial charge on any atom is 0.0484 e. The van der Waals surface area contributed by atoms with Gasteiger partial charge in [-0.05, 0) is 51.5 Å². The van der Waals surface area contributed by atoms with Crippen molar-refractivity contribution in [1.29, 1.82) is 0 Å². The maximum atomic E-state index is 5.65. The Morgan fingerprint density at radius 1 is 1.17 bits per heavy atom. The average molecular weight is 253 g/mol. The number of hydrogen-bond acceptors (Lipinski definition) is 2. The van der Waals surface area contributed by atoms with E-state index < -0.39 is 0 Å². The highest BCUT2D eigenvalue weighted by molar-refractivity contribution is 5.12. The Kier molecular flexibility index (Phi) is 9.23. The maximum absolute atomic E-state index is 5.65. The van der Waals surface area contributed by atoms with Gasteiger partial charge in [-0.3, -0.25) is 0 Å². The Hall–Kier alpha value is -0.340. The summed E-state index contributed by atoms with van der Waals surface area (Å²) in [5, 5.41) is 3.70. The largest absolute Gasteiger partial charge is 0.381 e. The summed E-state index contributed by atoms with van der Waals surface area (Å²) in [5.74, 6) is 0. The van der Waals surface area contributed by atoms with Crippen molar-refractivity contribution in [3.8, 4) is 0 Å². The standard InChI is InChI=1S/C16H31NO/c1-3-12-17-16(11-14-18-13-4-2)15-9-7-5-6-8-10-15/h9,16-17H,3-8,10-14H2,1-2H3. The lowest BCUT2D eigenvalue weighted by Crippen LogP contribution is -2.33. The molecule has 0 aromatic heterocycles. The van der Waals surface area contributed by atoms with Crippen LogP contribution in [0.15, 0.2) is 11.6 Å². The van der Waals surface area contributed by atoms with Crippen LogP contribution < -0.4 is 5.32 Å². The van der Waals surface area contributed by atoms with Gasteiger partial charge in [0.15, 0.2) is 0 Å². The normalized spacial score (nSPS) is 18.2. The van der Waals surface area contributed by atoms with Crippen molar-refractivity contribution in [1.82, 2.24) is 5.32 Å². The molecule has 0 bridgehead atoms. The first-order chi connectivity index (χ1) is 8.88. The van der Waals surface area contributed by atoms with Gasteiger partial charge in [0.25, 0.3) is 0 Å². The molecular formula is C16H31NO. The first kappa shape index (κ1) is 15.7. The first-order valence-electron chi connectivity index (χ1n) is 7.88. The predicted octanol–water partition coefficient (Wildman–Crippen LogP) is 4.06. The quantitative estimate of drug-likeness (QED) is 0.494. The van der Waals surface area contributed by atoms with E-state index in [4.69, 9.17) is 4.74 Å². The van der Waals surface area contributed by atoms with Gasteiger partial charge in [0.2, 0.25) is 0 Å². The van der Waals surface area contributed by atoms with E-state index in [9.17, 15) is 0 Å². The lowest BCUT2D eigenvalue weighted by atomic mass is 9.99. The number of nitrogens with one attached hydrogen (secondary N) is 1. The van der Waals surface area contributed by atoms with Gasteiger partial charge in [-0.2, -0.15) is 0 Å². The van der Waals surface area contributed by atoms with Crippen molar-refractivity contribution in [2.24, 2.45) is 0 Å². The molecule has 1 aliphatic rings.